The number of ether oxygens (including phenoxy) is 1. The van der Waals surface area contributed by atoms with E-state index in [1.54, 1.807) is 24.3 Å². The summed E-state index contributed by atoms with van der Waals surface area (Å²) in [5.74, 6) is 0.269. The van der Waals surface area contributed by atoms with Crippen LogP contribution in [0.2, 0.25) is 0 Å². The van der Waals surface area contributed by atoms with Crippen LogP contribution >= 0.6 is 0 Å². The summed E-state index contributed by atoms with van der Waals surface area (Å²) in [5, 5.41) is 17.5. The molecule has 1 unspecified atom stereocenters. The maximum atomic E-state index is 13.2. The quantitative estimate of drug-likeness (QED) is 0.288. The number of carbonyl (C=O) groups is 2. The smallest absolute Gasteiger partial charge is 0.247 e. The number of anilines is 2. The number of aromatic nitrogens is 3. The first-order chi connectivity index (χ1) is 18.6. The van der Waals surface area contributed by atoms with Crippen molar-refractivity contribution in [3.05, 3.63) is 60.6 Å². The fourth-order valence-corrected chi connectivity index (χ4v) is 5.23. The number of methoxy groups -OCH3 is 1. The summed E-state index contributed by atoms with van der Waals surface area (Å²) in [6, 6.07) is 13.9. The summed E-state index contributed by atoms with van der Waals surface area (Å²) >= 11 is 0. The molecule has 0 spiro atoms. The highest BCUT2D eigenvalue weighted by atomic mass is 16.5. The van der Waals surface area contributed by atoms with Crippen molar-refractivity contribution in [2.75, 3.05) is 37.0 Å². The SMILES string of the molecule is COCCCn1cc(-c2cccc(C(C=O)CNc3cc(N4CC[C@@](C#N)(C5CC5)C4=O)ccn3)c2)cn1. The number of rotatable bonds is 12. The van der Waals surface area contributed by atoms with Crippen LogP contribution in [0.3, 0.4) is 0 Å². The molecule has 3 aromatic rings. The van der Waals surface area contributed by atoms with Gasteiger partial charge < -0.3 is 19.7 Å². The van der Waals surface area contributed by atoms with Gasteiger partial charge in [0.05, 0.1) is 18.2 Å². The van der Waals surface area contributed by atoms with Crippen LogP contribution in [0.5, 0.6) is 0 Å². The molecular formula is C29H32N6O3. The summed E-state index contributed by atoms with van der Waals surface area (Å²) in [7, 11) is 1.69. The van der Waals surface area contributed by atoms with Crippen LogP contribution in [0.4, 0.5) is 11.5 Å². The third-order valence-electron chi connectivity index (χ3n) is 7.57. The average molecular weight is 513 g/mol. The van der Waals surface area contributed by atoms with Crippen LogP contribution < -0.4 is 10.2 Å². The van der Waals surface area contributed by atoms with Gasteiger partial charge in [-0.2, -0.15) is 10.4 Å². The Kier molecular flexibility index (Phi) is 7.52. The standard InChI is InChI=1S/C29H32N6O3/c1-38-13-3-11-34-18-23(17-33-34)21-4-2-5-22(14-21)24(19-36)16-32-27-15-26(8-10-31-27)35-12-9-29(20-30,28(35)37)25-6-7-25/h2,4-5,8,10,14-15,17-19,24-25H,3,6-7,9,11-13,16H2,1H3,(H,31,32)/t24?,29-/m1/s1. The van der Waals surface area contributed by atoms with Crippen molar-refractivity contribution in [2.45, 2.75) is 38.1 Å². The molecule has 9 heteroatoms. The molecule has 1 aliphatic heterocycles. The predicted octanol–water partition coefficient (Wildman–Crippen LogP) is 4.03. The number of pyridine rings is 1. The second kappa shape index (κ2) is 11.2. The molecule has 9 nitrogen and oxygen atoms in total. The minimum Gasteiger partial charge on any atom is -0.385 e. The molecule has 5 rings (SSSR count). The van der Waals surface area contributed by atoms with E-state index in [0.29, 0.717) is 31.9 Å². The summed E-state index contributed by atoms with van der Waals surface area (Å²) in [5.41, 5.74) is 2.72. The normalized spacial score (nSPS) is 19.8. The van der Waals surface area contributed by atoms with Crippen molar-refractivity contribution in [1.29, 1.82) is 5.26 Å². The number of aryl methyl sites for hydroxylation is 1. The second-order valence-corrected chi connectivity index (χ2v) is 10.1. The molecule has 196 valence electrons. The van der Waals surface area contributed by atoms with Gasteiger partial charge in [0.25, 0.3) is 0 Å². The molecule has 1 saturated carbocycles. The fourth-order valence-electron chi connectivity index (χ4n) is 5.23. The highest BCUT2D eigenvalue weighted by Crippen LogP contribution is 2.51. The van der Waals surface area contributed by atoms with Crippen molar-refractivity contribution < 1.29 is 14.3 Å². The first-order valence-corrected chi connectivity index (χ1v) is 13.1. The van der Waals surface area contributed by atoms with Gasteiger partial charge in [-0.25, -0.2) is 4.98 Å². The molecule has 38 heavy (non-hydrogen) atoms. The Labute approximate surface area is 222 Å². The largest absolute Gasteiger partial charge is 0.385 e. The van der Waals surface area contributed by atoms with Crippen molar-refractivity contribution in [2.24, 2.45) is 11.3 Å². The Morgan fingerprint density at radius 2 is 2.16 bits per heavy atom. The van der Waals surface area contributed by atoms with Crippen LogP contribution in [0, 0.1) is 22.7 Å². The molecule has 2 aliphatic rings. The number of nitriles is 1. The van der Waals surface area contributed by atoms with Crippen LogP contribution in [0.15, 0.2) is 55.0 Å². The lowest BCUT2D eigenvalue weighted by Crippen LogP contribution is -2.35. The molecule has 0 radical (unpaired) electrons. The number of carbonyl (C=O) groups excluding carboxylic acids is 2. The molecule has 2 aromatic heterocycles. The maximum absolute atomic E-state index is 13.2. The average Bonchev–Trinajstić information content (AvgIpc) is 3.60. The number of benzene rings is 1. The van der Waals surface area contributed by atoms with E-state index in [1.807, 2.05) is 47.4 Å². The topological polar surface area (TPSA) is 113 Å². The van der Waals surface area contributed by atoms with E-state index in [0.717, 1.165) is 54.5 Å². The highest BCUT2D eigenvalue weighted by molar-refractivity contribution is 6.02. The van der Waals surface area contributed by atoms with Gasteiger partial charge in [-0.1, -0.05) is 24.3 Å². The number of hydrogen-bond donors (Lipinski definition) is 1. The number of aldehydes is 1. The van der Waals surface area contributed by atoms with E-state index < -0.39 is 5.41 Å². The molecule has 1 N–H and O–H groups in total. The first-order valence-electron chi connectivity index (χ1n) is 13.1. The molecule has 2 fully saturated rings. The van der Waals surface area contributed by atoms with Gasteiger partial charge in [0.1, 0.15) is 17.5 Å². The number of hydrogen-bond acceptors (Lipinski definition) is 7. The van der Waals surface area contributed by atoms with Crippen molar-refractivity contribution in [3.63, 3.8) is 0 Å². The van der Waals surface area contributed by atoms with Gasteiger partial charge in [0.15, 0.2) is 0 Å². The zero-order valence-electron chi connectivity index (χ0n) is 21.5. The van der Waals surface area contributed by atoms with Crippen LogP contribution in [-0.4, -0.2) is 53.8 Å². The second-order valence-electron chi connectivity index (χ2n) is 10.1. The highest BCUT2D eigenvalue weighted by Gasteiger charge is 2.56. The Morgan fingerprint density at radius 1 is 1.29 bits per heavy atom. The summed E-state index contributed by atoms with van der Waals surface area (Å²) in [6.07, 6.45) is 9.76. The van der Waals surface area contributed by atoms with Crippen molar-refractivity contribution in [3.8, 4) is 17.2 Å². The Morgan fingerprint density at radius 3 is 2.92 bits per heavy atom. The molecule has 1 aliphatic carbocycles. The lowest BCUT2D eigenvalue weighted by molar-refractivity contribution is -0.123. The summed E-state index contributed by atoms with van der Waals surface area (Å²) < 4.78 is 7.01. The van der Waals surface area contributed by atoms with Crippen molar-refractivity contribution >= 4 is 23.7 Å². The molecule has 3 heterocycles. The van der Waals surface area contributed by atoms with E-state index in [9.17, 15) is 14.9 Å². The van der Waals surface area contributed by atoms with Crippen LogP contribution in [-0.2, 0) is 20.9 Å². The number of nitrogens with zero attached hydrogens (tertiary/aromatic N) is 5. The lowest BCUT2D eigenvalue weighted by atomic mass is 9.83. The van der Waals surface area contributed by atoms with Gasteiger partial charge in [-0.05, 0) is 48.8 Å². The molecule has 0 bridgehead atoms. The molecule has 1 amide bonds. The van der Waals surface area contributed by atoms with E-state index in [2.05, 4.69) is 21.5 Å². The monoisotopic (exact) mass is 512 g/mol. The summed E-state index contributed by atoms with van der Waals surface area (Å²) in [6.45, 7) is 2.35. The number of amides is 1. The Balaban J connectivity index is 1.25. The van der Waals surface area contributed by atoms with E-state index in [1.165, 1.54) is 0 Å². The Bertz CT molecular complexity index is 1340. The minimum absolute atomic E-state index is 0.107. The van der Waals surface area contributed by atoms with Crippen LogP contribution in [0.1, 0.15) is 37.2 Å². The molecular weight excluding hydrogens is 480 g/mol. The van der Waals surface area contributed by atoms with Gasteiger partial charge in [-0.3, -0.25) is 9.48 Å². The van der Waals surface area contributed by atoms with Gasteiger partial charge >= 0.3 is 0 Å². The van der Waals surface area contributed by atoms with Crippen molar-refractivity contribution in [1.82, 2.24) is 14.8 Å². The van der Waals surface area contributed by atoms with E-state index >= 15 is 0 Å². The first kappa shape index (κ1) is 25.6. The molecule has 1 saturated heterocycles. The maximum Gasteiger partial charge on any atom is 0.247 e. The van der Waals surface area contributed by atoms with Gasteiger partial charge in [-0.15, -0.1) is 0 Å². The molecule has 2 atom stereocenters. The summed E-state index contributed by atoms with van der Waals surface area (Å²) in [4.78, 5) is 31.3. The zero-order valence-corrected chi connectivity index (χ0v) is 21.5. The van der Waals surface area contributed by atoms with Crippen LogP contribution in [0.25, 0.3) is 11.1 Å². The van der Waals surface area contributed by atoms with Gasteiger partial charge in [0.2, 0.25) is 5.91 Å². The number of nitrogens with one attached hydrogen (secondary N) is 1. The lowest BCUT2D eigenvalue weighted by Gasteiger charge is -2.21. The van der Waals surface area contributed by atoms with Gasteiger partial charge in [0, 0.05) is 63.1 Å². The zero-order chi connectivity index (χ0) is 26.5. The van der Waals surface area contributed by atoms with E-state index in [-0.39, 0.29) is 17.7 Å². The Hall–Kier alpha value is -4.03. The third kappa shape index (κ3) is 5.18. The predicted molar refractivity (Wildman–Crippen MR) is 143 cm³/mol. The fraction of sp³-hybridized carbons (Fsp3) is 0.414. The van der Waals surface area contributed by atoms with E-state index in [4.69, 9.17) is 4.74 Å². The minimum atomic E-state index is -0.884. The molecule has 1 aromatic carbocycles. The third-order valence-corrected chi connectivity index (χ3v) is 7.57.